The molecule has 61 heavy (non-hydrogen) atoms. The fourth-order valence-electron chi connectivity index (χ4n) is 6.03. The Hall–Kier alpha value is -1.20. The molecule has 4 aliphatic rings. The van der Waals surface area contributed by atoms with Crippen molar-refractivity contribution >= 4 is 41.6 Å². The van der Waals surface area contributed by atoms with Crippen LogP contribution < -0.4 is 0 Å². The zero-order valence-corrected chi connectivity index (χ0v) is 33.3. The van der Waals surface area contributed by atoms with Crippen molar-refractivity contribution in [2.24, 2.45) is 0 Å². The van der Waals surface area contributed by atoms with Gasteiger partial charge in [-0.3, -0.25) is 18.2 Å². The lowest BCUT2D eigenvalue weighted by Gasteiger charge is -2.48. The molecule has 0 aromatic heterocycles. The van der Waals surface area contributed by atoms with E-state index in [1.54, 1.807) is 0 Å². The number of hydrogen-bond acceptors (Lipinski definition) is 29. The van der Waals surface area contributed by atoms with Crippen LogP contribution in [0.3, 0.4) is 0 Å². The van der Waals surface area contributed by atoms with Gasteiger partial charge < -0.3 is 84.2 Å². The molecular formula is C24H42O33S4. The molecule has 0 aromatic rings. The molecule has 0 amide bonds. The van der Waals surface area contributed by atoms with E-state index in [4.69, 9.17) is 42.3 Å². The Kier molecular flexibility index (Phi) is 17.7. The maximum absolute atomic E-state index is 11.5. The average molecular weight is 987 g/mol. The van der Waals surface area contributed by atoms with E-state index in [2.05, 4.69) is 16.7 Å². The highest BCUT2D eigenvalue weighted by Gasteiger charge is 2.55. The third-order valence-electron chi connectivity index (χ3n) is 8.99. The summed E-state index contributed by atoms with van der Waals surface area (Å²) < 4.78 is 180. The van der Waals surface area contributed by atoms with Crippen molar-refractivity contribution < 1.29 is 153 Å². The molecule has 0 spiro atoms. The second kappa shape index (κ2) is 20.5. The minimum Gasteiger partial charge on any atom is -0.387 e. The first-order valence-corrected chi connectivity index (χ1v) is 22.2. The maximum atomic E-state index is 11.5. The molecule has 4 aliphatic heterocycles. The number of ether oxygens (including phenoxy) is 7. The lowest BCUT2D eigenvalue weighted by Crippen LogP contribution is -2.67. The van der Waals surface area contributed by atoms with E-state index in [9.17, 15) is 93.8 Å². The second-order valence-corrected chi connectivity index (χ2v) is 17.6. The maximum Gasteiger partial charge on any atom is 0.397 e. The van der Waals surface area contributed by atoms with Crippen molar-refractivity contribution in [1.82, 2.24) is 0 Å². The summed E-state index contributed by atoms with van der Waals surface area (Å²) in [5, 5.41) is 106. The van der Waals surface area contributed by atoms with Gasteiger partial charge in [0.25, 0.3) is 0 Å². The lowest BCUT2D eigenvalue weighted by molar-refractivity contribution is -0.396. The summed E-state index contributed by atoms with van der Waals surface area (Å²) in [4.78, 5) is 0. The Balaban J connectivity index is 1.57. The van der Waals surface area contributed by atoms with Crippen LogP contribution in [0.5, 0.6) is 0 Å². The van der Waals surface area contributed by atoms with Gasteiger partial charge in [-0.15, -0.1) is 0 Å². The summed E-state index contributed by atoms with van der Waals surface area (Å²) in [7, 11) is -21.1. The summed E-state index contributed by atoms with van der Waals surface area (Å²) in [5.41, 5.74) is 0. The molecule has 20 atom stereocenters. The molecule has 0 saturated carbocycles. The normalized spacial score (nSPS) is 43.2. The van der Waals surface area contributed by atoms with Gasteiger partial charge in [-0.05, 0) is 0 Å². The van der Waals surface area contributed by atoms with E-state index in [0.717, 1.165) is 0 Å². The highest BCUT2D eigenvalue weighted by molar-refractivity contribution is 7.81. The Morgan fingerprint density at radius 2 is 0.541 bits per heavy atom. The third kappa shape index (κ3) is 14.4. The average Bonchev–Trinajstić information content (AvgIpc) is 3.13. The van der Waals surface area contributed by atoms with Crippen LogP contribution in [0.25, 0.3) is 0 Å². The highest BCUT2D eigenvalue weighted by Crippen LogP contribution is 2.34. The van der Waals surface area contributed by atoms with Crippen LogP contribution in [0, 0.1) is 0 Å². The van der Waals surface area contributed by atoms with Crippen LogP contribution in [-0.4, -0.2) is 252 Å². The van der Waals surface area contributed by atoms with Crippen molar-refractivity contribution in [1.29, 1.82) is 0 Å². The quantitative estimate of drug-likeness (QED) is 0.0567. The van der Waals surface area contributed by atoms with Crippen LogP contribution in [0.2, 0.25) is 0 Å². The summed E-state index contributed by atoms with van der Waals surface area (Å²) in [6.07, 6.45) is -44.9. The van der Waals surface area contributed by atoms with Crippen molar-refractivity contribution in [3.05, 3.63) is 0 Å². The molecule has 0 aromatic carbocycles. The molecule has 4 rings (SSSR count). The number of rotatable bonds is 18. The van der Waals surface area contributed by atoms with Gasteiger partial charge in [-0.25, -0.2) is 16.7 Å². The van der Waals surface area contributed by atoms with E-state index < -0.39 is 191 Å². The SMILES string of the molecule is O=S(=O)(O)OC[C@H]1O[C@H](O[C@H]2O[C@H](COS(=O)(=O)O)[C@@H](O[C@@H]3O[C@H](COS(=O)(=O)O)[C@@H](O[C@H]4O[C@H](COS(=O)(=O)O)[C@@H](O)[C@H](O)[C@H]4O)[C@H](O)[C@H]3O)[C@H](O)[C@H]2O)[C@H](O)[C@@H](O)[C@@H]1O. The Morgan fingerprint density at radius 3 is 0.820 bits per heavy atom. The summed E-state index contributed by atoms with van der Waals surface area (Å²) in [6.45, 7) is -5.22. The van der Waals surface area contributed by atoms with Crippen LogP contribution in [0.15, 0.2) is 0 Å². The third-order valence-corrected chi connectivity index (χ3v) is 10.7. The lowest BCUT2D eigenvalue weighted by atomic mass is 9.96. The predicted octanol–water partition coefficient (Wildman–Crippen LogP) is -10.4. The second-order valence-electron chi connectivity index (χ2n) is 13.3. The predicted molar refractivity (Wildman–Crippen MR) is 176 cm³/mol. The molecular weight excluding hydrogens is 944 g/mol. The van der Waals surface area contributed by atoms with Crippen LogP contribution in [0.4, 0.5) is 0 Å². The van der Waals surface area contributed by atoms with Gasteiger partial charge in [0.1, 0.15) is 97.7 Å². The van der Waals surface area contributed by atoms with Crippen LogP contribution >= 0.6 is 0 Å². The molecule has 0 bridgehead atoms. The van der Waals surface area contributed by atoms with E-state index in [1.165, 1.54) is 0 Å². The van der Waals surface area contributed by atoms with Gasteiger partial charge in [0.15, 0.2) is 25.2 Å². The molecule has 0 unspecified atom stereocenters. The molecule has 4 heterocycles. The van der Waals surface area contributed by atoms with Crippen LogP contribution in [0.1, 0.15) is 0 Å². The van der Waals surface area contributed by atoms with Crippen molar-refractivity contribution in [3.8, 4) is 0 Å². The van der Waals surface area contributed by atoms with Gasteiger partial charge in [-0.2, -0.15) is 33.7 Å². The molecule has 360 valence electrons. The number of aliphatic hydroxyl groups is 10. The molecule has 4 fully saturated rings. The van der Waals surface area contributed by atoms with Gasteiger partial charge in [-0.1, -0.05) is 0 Å². The minimum absolute atomic E-state index is 1.20. The van der Waals surface area contributed by atoms with E-state index in [1.807, 2.05) is 0 Å². The molecule has 33 nitrogen and oxygen atoms in total. The fourth-order valence-corrected chi connectivity index (χ4v) is 7.25. The molecule has 0 radical (unpaired) electrons. The largest absolute Gasteiger partial charge is 0.397 e. The number of hydrogen-bond donors (Lipinski definition) is 14. The Bertz CT molecular complexity index is 1880. The highest BCUT2D eigenvalue weighted by atomic mass is 32.3. The van der Waals surface area contributed by atoms with Gasteiger partial charge >= 0.3 is 41.6 Å². The molecule has 14 N–H and O–H groups in total. The monoisotopic (exact) mass is 986 g/mol. The fraction of sp³-hybridized carbons (Fsp3) is 1.00. The Morgan fingerprint density at radius 1 is 0.311 bits per heavy atom. The van der Waals surface area contributed by atoms with Crippen molar-refractivity contribution in [2.45, 2.75) is 123 Å². The van der Waals surface area contributed by atoms with Gasteiger partial charge in [0, 0.05) is 0 Å². The standard InChI is InChI=1S/C24H42O33S4/c25-9-5(1-47-58(35,36)37)51-21(15(31)11(9)27)55-19-7(3-49-60(41,42)43)53-22(17(33)13(19)29)56-20-8(4-50-61(44,45)46)54-24(18(34)14(20)30)57-23-16(32)12(28)10(26)6(52-23)2-48-59(38,39)40/h5-34H,1-4H2,(H,35,36,37)(H,38,39,40)(H,41,42,43)(H,44,45,46)/t5-,6-,7-,8-,9-,10-,11+,12+,13-,14-,15-,16-,17-,18-,19-,20-,21-,22+,23-,24-/m1/s1. The van der Waals surface area contributed by atoms with E-state index in [-0.39, 0.29) is 0 Å². The summed E-state index contributed by atoms with van der Waals surface area (Å²) >= 11 is 0. The Labute approximate surface area is 343 Å². The zero-order chi connectivity index (χ0) is 46.2. The topological polar surface area (TPSA) is 521 Å². The molecule has 0 aliphatic carbocycles. The first-order valence-electron chi connectivity index (χ1n) is 16.7. The van der Waals surface area contributed by atoms with E-state index >= 15 is 0 Å². The summed E-state index contributed by atoms with van der Waals surface area (Å²) in [6, 6.07) is 0. The van der Waals surface area contributed by atoms with Crippen molar-refractivity contribution in [2.75, 3.05) is 26.4 Å². The molecule has 37 heteroatoms. The van der Waals surface area contributed by atoms with Gasteiger partial charge in [0.05, 0.1) is 26.4 Å². The summed E-state index contributed by atoms with van der Waals surface area (Å²) in [5.74, 6) is 0. The zero-order valence-electron chi connectivity index (χ0n) is 30.0. The molecule has 4 saturated heterocycles. The van der Waals surface area contributed by atoms with Crippen LogP contribution in [-0.2, 0) is 91.5 Å². The smallest absolute Gasteiger partial charge is 0.387 e. The first kappa shape index (κ1) is 52.4. The van der Waals surface area contributed by atoms with E-state index in [0.29, 0.717) is 0 Å². The number of aliphatic hydroxyl groups excluding tert-OH is 10. The van der Waals surface area contributed by atoms with Crippen molar-refractivity contribution in [3.63, 3.8) is 0 Å². The van der Waals surface area contributed by atoms with Gasteiger partial charge in [0.2, 0.25) is 0 Å². The first-order chi connectivity index (χ1) is 27.9. The minimum atomic E-state index is -5.38.